The average molecular weight is 446 g/mol. The summed E-state index contributed by atoms with van der Waals surface area (Å²) < 4.78 is 11.5. The first-order chi connectivity index (χ1) is 16.6. The Morgan fingerprint density at radius 3 is 2.15 bits per heavy atom. The Kier molecular flexibility index (Phi) is 4.39. The third-order valence-corrected chi connectivity index (χ3v) is 6.28. The number of phenols is 1. The van der Waals surface area contributed by atoms with Crippen molar-refractivity contribution in [2.75, 3.05) is 7.11 Å². The summed E-state index contributed by atoms with van der Waals surface area (Å²) in [6.07, 6.45) is 0. The third-order valence-electron chi connectivity index (χ3n) is 6.28. The molecule has 1 heterocycles. The molecule has 1 N–H and O–H groups in total. The molecule has 0 bridgehead atoms. The number of esters is 1. The van der Waals surface area contributed by atoms with Crippen molar-refractivity contribution in [1.29, 1.82) is 0 Å². The monoisotopic (exact) mass is 446 g/mol. The molecule has 0 aliphatic rings. The van der Waals surface area contributed by atoms with Gasteiger partial charge >= 0.3 is 5.97 Å². The van der Waals surface area contributed by atoms with E-state index in [9.17, 15) is 14.7 Å². The maximum atomic E-state index is 12.9. The summed E-state index contributed by atoms with van der Waals surface area (Å²) in [5.41, 5.74) is 2.45. The van der Waals surface area contributed by atoms with Gasteiger partial charge in [0.2, 0.25) is 0 Å². The van der Waals surface area contributed by atoms with Gasteiger partial charge in [-0.2, -0.15) is 0 Å². The average Bonchev–Trinajstić information content (AvgIpc) is 2.86. The molecule has 5 aromatic carbocycles. The minimum Gasteiger partial charge on any atom is -0.507 e. The number of fused-ring (bicyclic) bond motifs is 6. The van der Waals surface area contributed by atoms with Crippen molar-refractivity contribution in [3.05, 3.63) is 101 Å². The molecule has 1 aromatic heterocycles. The predicted molar refractivity (Wildman–Crippen MR) is 133 cm³/mol. The lowest BCUT2D eigenvalue weighted by Gasteiger charge is -2.16. The van der Waals surface area contributed by atoms with Crippen LogP contribution in [0.15, 0.2) is 94.1 Å². The molecule has 0 spiro atoms. The fourth-order valence-electron chi connectivity index (χ4n) is 4.77. The Morgan fingerprint density at radius 1 is 0.765 bits per heavy atom. The van der Waals surface area contributed by atoms with E-state index in [1.807, 2.05) is 48.5 Å². The summed E-state index contributed by atoms with van der Waals surface area (Å²) >= 11 is 0. The number of carbonyl (C=O) groups excluding carboxylic acids is 1. The second-order valence-corrected chi connectivity index (χ2v) is 8.13. The van der Waals surface area contributed by atoms with Gasteiger partial charge in [-0.25, -0.2) is 4.79 Å². The lowest BCUT2D eigenvalue weighted by atomic mass is 9.91. The van der Waals surface area contributed by atoms with Gasteiger partial charge in [-0.3, -0.25) is 4.79 Å². The molecular weight excluding hydrogens is 428 g/mol. The number of benzene rings is 5. The van der Waals surface area contributed by atoms with Crippen LogP contribution in [0.25, 0.3) is 54.6 Å². The van der Waals surface area contributed by atoms with Crippen molar-refractivity contribution in [3.63, 3.8) is 0 Å². The molecule has 164 valence electrons. The molecule has 0 amide bonds. The molecule has 5 nitrogen and oxygen atoms in total. The number of hydrogen-bond donors (Lipinski definition) is 1. The molecule has 5 heteroatoms. The Morgan fingerprint density at radius 2 is 1.41 bits per heavy atom. The van der Waals surface area contributed by atoms with Crippen LogP contribution < -0.4 is 5.43 Å². The molecular formula is C29H18O5. The van der Waals surface area contributed by atoms with E-state index in [4.69, 9.17) is 9.15 Å². The van der Waals surface area contributed by atoms with Gasteiger partial charge in [0.1, 0.15) is 16.9 Å². The summed E-state index contributed by atoms with van der Waals surface area (Å²) in [4.78, 5) is 25.6. The van der Waals surface area contributed by atoms with E-state index in [-0.39, 0.29) is 11.2 Å². The number of aromatic hydroxyl groups is 1. The highest BCUT2D eigenvalue weighted by Gasteiger charge is 2.22. The number of ether oxygens (including phenoxy) is 1. The SMILES string of the molecule is COC(=O)c1ccccc1-c1c2ccc3cccc(O)c3c2oc2c1ccc1cccc(=O)c12. The van der Waals surface area contributed by atoms with Crippen LogP contribution in [0.2, 0.25) is 0 Å². The summed E-state index contributed by atoms with van der Waals surface area (Å²) in [5.74, 6) is -0.396. The van der Waals surface area contributed by atoms with Gasteiger partial charge in [0.25, 0.3) is 0 Å². The van der Waals surface area contributed by atoms with Crippen molar-refractivity contribution in [1.82, 2.24) is 0 Å². The Bertz CT molecular complexity index is 1850. The van der Waals surface area contributed by atoms with Gasteiger partial charge in [0.15, 0.2) is 5.43 Å². The van der Waals surface area contributed by atoms with Crippen molar-refractivity contribution < 1.29 is 19.1 Å². The molecule has 34 heavy (non-hydrogen) atoms. The van der Waals surface area contributed by atoms with Crippen LogP contribution in [0.4, 0.5) is 0 Å². The summed E-state index contributed by atoms with van der Waals surface area (Å²) in [6.45, 7) is 0. The van der Waals surface area contributed by atoms with E-state index in [1.54, 1.807) is 30.3 Å². The lowest BCUT2D eigenvalue weighted by molar-refractivity contribution is 0.0601. The van der Waals surface area contributed by atoms with Crippen LogP contribution in [-0.2, 0) is 4.74 Å². The number of methoxy groups -OCH3 is 1. The topological polar surface area (TPSA) is 76.7 Å². The van der Waals surface area contributed by atoms with Gasteiger partial charge in [-0.05, 0) is 46.7 Å². The van der Waals surface area contributed by atoms with E-state index < -0.39 is 5.97 Å². The normalized spacial score (nSPS) is 11.4. The number of hydrogen-bond acceptors (Lipinski definition) is 5. The smallest absolute Gasteiger partial charge is 0.338 e. The van der Waals surface area contributed by atoms with E-state index in [0.717, 1.165) is 16.3 Å². The molecule has 6 rings (SSSR count). The highest BCUT2D eigenvalue weighted by Crippen LogP contribution is 2.43. The number of carbonyl (C=O) groups is 1. The summed E-state index contributed by atoms with van der Waals surface area (Å²) in [7, 11) is 1.35. The first-order valence-corrected chi connectivity index (χ1v) is 10.8. The second-order valence-electron chi connectivity index (χ2n) is 8.13. The fraction of sp³-hybridized carbons (Fsp3) is 0.0345. The predicted octanol–water partition coefficient (Wildman–Crippen LogP) is 6.41. The van der Waals surface area contributed by atoms with Gasteiger partial charge in [0.05, 0.1) is 23.4 Å². The Balaban J connectivity index is 1.93. The molecule has 0 atom stereocenters. The second kappa shape index (κ2) is 7.46. The highest BCUT2D eigenvalue weighted by atomic mass is 16.5. The highest BCUT2D eigenvalue weighted by molar-refractivity contribution is 6.21. The lowest BCUT2D eigenvalue weighted by Crippen LogP contribution is -2.04. The van der Waals surface area contributed by atoms with Crippen LogP contribution >= 0.6 is 0 Å². The van der Waals surface area contributed by atoms with E-state index in [2.05, 4.69) is 0 Å². The largest absolute Gasteiger partial charge is 0.507 e. The van der Waals surface area contributed by atoms with Crippen molar-refractivity contribution in [2.45, 2.75) is 0 Å². The first kappa shape index (κ1) is 20.0. The molecule has 6 aromatic rings. The van der Waals surface area contributed by atoms with Gasteiger partial charge in [-0.15, -0.1) is 0 Å². The molecule has 0 fully saturated rings. The standard InChI is InChI=1S/C29H18O5/c1-33-29(32)19-9-3-2-8-18(19)26-20-14-12-16-6-4-10-22(30)24(16)27(20)34-28-21(26)15-13-17-7-5-11-23(31)25(17)28/h2-15,30H,1H3. The van der Waals surface area contributed by atoms with Crippen LogP contribution in [0.1, 0.15) is 10.4 Å². The molecule has 0 unspecified atom stereocenters. The van der Waals surface area contributed by atoms with Crippen LogP contribution in [0.3, 0.4) is 0 Å². The maximum absolute atomic E-state index is 12.9. The maximum Gasteiger partial charge on any atom is 0.338 e. The van der Waals surface area contributed by atoms with E-state index in [1.165, 1.54) is 13.2 Å². The fourth-order valence-corrected chi connectivity index (χ4v) is 4.77. The van der Waals surface area contributed by atoms with Gasteiger partial charge in [-0.1, -0.05) is 54.6 Å². The minimum absolute atomic E-state index is 0.0704. The quantitative estimate of drug-likeness (QED) is 0.189. The van der Waals surface area contributed by atoms with Crippen molar-refractivity contribution in [2.24, 2.45) is 0 Å². The zero-order chi connectivity index (χ0) is 23.4. The molecule has 0 aliphatic carbocycles. The van der Waals surface area contributed by atoms with Crippen molar-refractivity contribution >= 4 is 49.5 Å². The number of phenolic OH excluding ortho intramolecular Hbond substituents is 1. The Labute approximate surface area is 193 Å². The van der Waals surface area contributed by atoms with Gasteiger partial charge in [0, 0.05) is 16.3 Å². The molecule has 0 radical (unpaired) electrons. The molecule has 0 aliphatic heterocycles. The Hall–Kier alpha value is -4.64. The van der Waals surface area contributed by atoms with Crippen molar-refractivity contribution in [3.8, 4) is 16.9 Å². The van der Waals surface area contributed by atoms with Crippen LogP contribution in [-0.4, -0.2) is 18.2 Å². The third kappa shape index (κ3) is 2.80. The minimum atomic E-state index is -0.466. The molecule has 0 saturated heterocycles. The van der Waals surface area contributed by atoms with E-state index in [0.29, 0.717) is 43.8 Å². The summed E-state index contributed by atoms with van der Waals surface area (Å²) in [6, 6.07) is 25.1. The number of rotatable bonds is 2. The van der Waals surface area contributed by atoms with Crippen LogP contribution in [0, 0.1) is 0 Å². The van der Waals surface area contributed by atoms with Gasteiger partial charge < -0.3 is 14.3 Å². The zero-order valence-corrected chi connectivity index (χ0v) is 18.2. The van der Waals surface area contributed by atoms with Crippen LogP contribution in [0.5, 0.6) is 5.75 Å². The zero-order valence-electron chi connectivity index (χ0n) is 18.2. The summed E-state index contributed by atoms with van der Waals surface area (Å²) in [5, 5.41) is 14.7. The first-order valence-electron chi connectivity index (χ1n) is 10.8. The molecule has 0 saturated carbocycles. The van der Waals surface area contributed by atoms with E-state index >= 15 is 0 Å².